The Morgan fingerprint density at radius 3 is 0.743 bits per heavy atom. The van der Waals surface area contributed by atoms with Crippen molar-refractivity contribution in [3.63, 3.8) is 0 Å². The van der Waals surface area contributed by atoms with Crippen molar-refractivity contribution < 1.29 is 93.5 Å². The van der Waals surface area contributed by atoms with Crippen LogP contribution in [0, 0.1) is 0 Å². The molecule has 0 radical (unpaired) electrons. The van der Waals surface area contributed by atoms with Gasteiger partial charge in [-0.3, -0.25) is 0 Å². The zero-order valence-electron chi connectivity index (χ0n) is 74.3. The molecule has 0 atom stereocenters. The Labute approximate surface area is 767 Å². The van der Waals surface area contributed by atoms with E-state index in [0.29, 0.717) is 157 Å². The molecule has 136 heavy (non-hydrogen) atoms. The first kappa shape index (κ1) is 84.5. The quantitative estimate of drug-likeness (QED) is 0.0531. The van der Waals surface area contributed by atoms with Crippen LogP contribution in [-0.4, -0.2) is 125 Å². The molecular weight excluding hydrogens is 1750 g/mol. The summed E-state index contributed by atoms with van der Waals surface area (Å²) in [5.74, 6) is 6.68. The molecule has 0 spiro atoms. The van der Waals surface area contributed by atoms with Crippen LogP contribution in [0.1, 0.15) is 0 Å². The number of aromatic amines is 2. The fourth-order valence-electron chi connectivity index (χ4n) is 17.1. The molecule has 0 unspecified atom stereocenters. The highest BCUT2D eigenvalue weighted by Crippen LogP contribution is 2.51. The molecule has 8 bridgehead atoms. The van der Waals surface area contributed by atoms with Gasteiger partial charge in [-0.1, -0.05) is 48.5 Å². The van der Waals surface area contributed by atoms with Crippen molar-refractivity contribution in [1.29, 1.82) is 0 Å². The van der Waals surface area contributed by atoms with Gasteiger partial charge < -0.3 is 103 Å². The predicted octanol–water partition coefficient (Wildman–Crippen LogP) is 21.2. The normalized spacial score (nSPS) is 11.5. The van der Waals surface area contributed by atoms with E-state index in [1.165, 1.54) is 85.3 Å². The lowest BCUT2D eigenvalue weighted by atomic mass is 10.0. The van der Waals surface area contributed by atoms with Crippen LogP contribution in [0.25, 0.3) is 178 Å². The molecule has 2 N–H and O–H groups in total. The van der Waals surface area contributed by atoms with Gasteiger partial charge in [0.05, 0.1) is 129 Å². The van der Waals surface area contributed by atoms with Crippen molar-refractivity contribution in [3.05, 3.63) is 260 Å². The fraction of sp³-hybridized carbons (Fsp3) is 0.115. The average Bonchev–Trinajstić information content (AvgIpc) is 1.62. The van der Waals surface area contributed by atoms with Gasteiger partial charge in [0.1, 0.15) is 90.9 Å². The Morgan fingerprint density at radius 2 is 0.478 bits per heavy atom. The average molecular weight is 1820 g/mol. The van der Waals surface area contributed by atoms with Crippen molar-refractivity contribution in [2.75, 3.05) is 85.3 Å². The van der Waals surface area contributed by atoms with Crippen molar-refractivity contribution in [2.24, 2.45) is 0 Å². The second-order valence-electron chi connectivity index (χ2n) is 31.0. The standard InChI is InChI=1S/C104H74N8O24/c1-117-77-37-53(38-78(118-2)89(77)125-9)65-33-49-25-29-57(45-73(49)133-101(65)113)129-69-21-13-17-61-85(69)97-105-93(61)110-98-87-63(19-15-23-71(87)131-59-31-27-51-35-67(103(115)135-75(51)47-59)55-41-81(121-5)91(127-11)82(42-55)122-6)95(107-98)112-100-88-64(20-16-24-72(88)132-60-32-28-52-36-68(104(116)136-76(52)48-60)56-43-83(123-7)92(128-12)84(44-56)124-8)96(108-100)111-99-86-62(94(106-99)109-97)18-14-22-70(86)130-58-30-26-50-34-66(102(114)134-74(50)46-58)54-39-79(119-3)90(126-10)80(40-54)120-4/h13-48H,1-12H3,(H2,105,106,107,108,109,110,111,112). The molecule has 674 valence electrons. The zero-order valence-corrected chi connectivity index (χ0v) is 74.3. The smallest absolute Gasteiger partial charge is 0.344 e. The number of nitrogens with zero attached hydrogens (tertiary/aromatic N) is 6. The fourth-order valence-corrected chi connectivity index (χ4v) is 17.1. The molecule has 0 fully saturated rings. The van der Waals surface area contributed by atoms with E-state index >= 15 is 0 Å². The van der Waals surface area contributed by atoms with Gasteiger partial charge in [-0.25, -0.2) is 49.1 Å². The molecule has 7 aromatic heterocycles. The summed E-state index contributed by atoms with van der Waals surface area (Å²) in [6.45, 7) is 0. The van der Waals surface area contributed by atoms with Crippen LogP contribution in [0.2, 0.25) is 0 Å². The van der Waals surface area contributed by atoms with Crippen LogP contribution < -0.4 is 98.3 Å². The zero-order chi connectivity index (χ0) is 93.6. The Bertz CT molecular complexity index is 8100. The molecule has 19 aromatic rings. The van der Waals surface area contributed by atoms with E-state index < -0.39 is 22.5 Å². The van der Waals surface area contributed by atoms with E-state index in [0.717, 1.165) is 0 Å². The molecule has 32 heteroatoms. The van der Waals surface area contributed by atoms with Gasteiger partial charge in [-0.05, 0) is 168 Å². The molecule has 0 saturated heterocycles. The largest absolute Gasteiger partial charge is 0.493 e. The summed E-state index contributed by atoms with van der Waals surface area (Å²) in [4.78, 5) is 96.4. The second kappa shape index (κ2) is 34.2. The second-order valence-corrected chi connectivity index (χ2v) is 31.0. The highest BCUT2D eigenvalue weighted by molar-refractivity contribution is 6.11. The van der Waals surface area contributed by atoms with Gasteiger partial charge >= 0.3 is 22.5 Å². The number of methoxy groups -OCH3 is 12. The third-order valence-electron chi connectivity index (χ3n) is 23.4. The van der Waals surface area contributed by atoms with Crippen LogP contribution in [0.5, 0.6) is 115 Å². The number of fused-ring (bicyclic) bond motifs is 24. The molecule has 12 aromatic carbocycles. The minimum absolute atomic E-state index is 0.103. The number of hydrogen-bond acceptors (Lipinski definition) is 30. The SMILES string of the molecule is COc1cc(-c2cc3ccc(Oc4cccc5c4-c4nc-5nc5[nH]c(nc6nc(nc7[nH]c(n4)c4cccc(Oc8ccc9cc(-c%10cc(OC)c(OC)c(OC)c%10)c(=O)oc9c8)c74)-c4cccc(Oc7ccc8cc(-c9cc(OC)c(OC)c(OC)c9)c(=O)oc8c7)c4-6)c4cccc(Oc6ccc7cc(-c8cc(OC)c(OC)c(OC)c8)c(=O)oc7c6)c54)cc3oc2=O)cc(OC)c1OC. The van der Waals surface area contributed by atoms with Crippen molar-refractivity contribution in [1.82, 2.24) is 39.9 Å². The minimum Gasteiger partial charge on any atom is -0.493 e. The third-order valence-corrected chi connectivity index (χ3v) is 23.4. The summed E-state index contributed by atoms with van der Waals surface area (Å²) in [5, 5.41) is 4.00. The predicted molar refractivity (Wildman–Crippen MR) is 507 cm³/mol. The van der Waals surface area contributed by atoms with Gasteiger partial charge in [-0.15, -0.1) is 0 Å². The summed E-state index contributed by atoms with van der Waals surface area (Å²) in [7, 11) is 17.9. The molecular formula is C104H74N8O24. The maximum Gasteiger partial charge on any atom is 0.344 e. The van der Waals surface area contributed by atoms with Gasteiger partial charge in [0.15, 0.2) is 69.3 Å². The molecule has 0 saturated carbocycles. The Balaban J connectivity index is 0.757. The lowest BCUT2D eigenvalue weighted by molar-refractivity contribution is 0.324. The number of benzene rings is 12. The molecule has 9 heterocycles. The van der Waals surface area contributed by atoms with Crippen LogP contribution >= 0.6 is 0 Å². The van der Waals surface area contributed by atoms with Crippen LogP contribution in [-0.2, 0) is 0 Å². The molecule has 0 aliphatic carbocycles. The molecule has 0 amide bonds. The number of hydrogen-bond donors (Lipinski definition) is 2. The highest BCUT2D eigenvalue weighted by atomic mass is 16.6. The Morgan fingerprint density at radius 1 is 0.228 bits per heavy atom. The first-order valence-electron chi connectivity index (χ1n) is 42.0. The minimum atomic E-state index is -0.657. The Kier molecular flexibility index (Phi) is 21.2. The van der Waals surface area contributed by atoms with E-state index in [4.69, 9.17) is 123 Å². The maximum absolute atomic E-state index is 14.2. The topological polar surface area (TPSA) is 377 Å². The van der Waals surface area contributed by atoms with Gasteiger partial charge in [0, 0.05) is 67.7 Å². The first-order chi connectivity index (χ1) is 66.4. The molecule has 2 aliphatic heterocycles. The monoisotopic (exact) mass is 1820 g/mol. The lowest BCUT2D eigenvalue weighted by Gasteiger charge is -2.14. The maximum atomic E-state index is 14.2. The van der Waals surface area contributed by atoms with E-state index in [1.807, 2.05) is 24.3 Å². The summed E-state index contributed by atoms with van der Waals surface area (Å²) < 4.78 is 120. The van der Waals surface area contributed by atoms with Gasteiger partial charge in [-0.2, -0.15) is 0 Å². The molecule has 21 rings (SSSR count). The van der Waals surface area contributed by atoms with E-state index in [9.17, 15) is 19.2 Å². The van der Waals surface area contributed by atoms with E-state index in [1.54, 1.807) is 194 Å². The summed E-state index contributed by atoms with van der Waals surface area (Å²) in [5.41, 5.74) is 3.41. The summed E-state index contributed by atoms with van der Waals surface area (Å²) in [6, 6.07) is 62.2. The molecule has 2 aliphatic rings. The number of rotatable bonds is 24. The highest BCUT2D eigenvalue weighted by Gasteiger charge is 2.31. The third kappa shape index (κ3) is 14.7. The van der Waals surface area contributed by atoms with Crippen LogP contribution in [0.3, 0.4) is 0 Å². The number of H-pyrrole nitrogens is 2. The van der Waals surface area contributed by atoms with Crippen LogP contribution in [0.4, 0.5) is 0 Å². The van der Waals surface area contributed by atoms with Crippen LogP contribution in [0.15, 0.2) is 255 Å². The van der Waals surface area contributed by atoms with Crippen molar-refractivity contribution >= 4 is 88.0 Å². The first-order valence-corrected chi connectivity index (χ1v) is 42.0. The van der Waals surface area contributed by atoms with E-state index in [-0.39, 0.29) is 136 Å². The van der Waals surface area contributed by atoms with Gasteiger partial charge in [0.25, 0.3) is 0 Å². The van der Waals surface area contributed by atoms with E-state index in [2.05, 4.69) is 9.97 Å². The number of ether oxygens (including phenoxy) is 16. The van der Waals surface area contributed by atoms with Gasteiger partial charge in [0.2, 0.25) is 23.0 Å². The summed E-state index contributed by atoms with van der Waals surface area (Å²) >= 11 is 0. The van der Waals surface area contributed by atoms with Crippen molar-refractivity contribution in [3.8, 4) is 205 Å². The van der Waals surface area contributed by atoms with Crippen molar-refractivity contribution in [2.45, 2.75) is 0 Å². The molecule has 32 nitrogen and oxygen atoms in total. The number of aromatic nitrogens is 8. The summed E-state index contributed by atoms with van der Waals surface area (Å²) in [6.07, 6.45) is 0. The number of nitrogens with one attached hydrogen (secondary N) is 2. The lowest BCUT2D eigenvalue weighted by Crippen LogP contribution is -2.04. The Hall–Kier alpha value is -18.4.